The molecule has 1 aliphatic rings. The molecular formula is C18H21N3O2. The molecule has 3 rings (SSSR count). The van der Waals surface area contributed by atoms with E-state index in [4.69, 9.17) is 0 Å². The van der Waals surface area contributed by atoms with Gasteiger partial charge in [0, 0.05) is 30.5 Å². The fourth-order valence-corrected chi connectivity index (χ4v) is 2.98. The van der Waals surface area contributed by atoms with E-state index in [1.54, 1.807) is 6.20 Å². The number of H-pyrrole nitrogens is 1. The highest BCUT2D eigenvalue weighted by molar-refractivity contribution is 6.13. The second-order valence-electron chi connectivity index (χ2n) is 5.87. The molecule has 23 heavy (non-hydrogen) atoms. The molecule has 120 valence electrons. The fourth-order valence-electron chi connectivity index (χ4n) is 2.98. The zero-order valence-electron chi connectivity index (χ0n) is 13.2. The maximum Gasteiger partial charge on any atom is 0.257 e. The highest BCUT2D eigenvalue weighted by Gasteiger charge is 2.24. The number of carbonyl (C=O) groups excluding carboxylic acids is 2. The Kier molecular flexibility index (Phi) is 4.57. The largest absolute Gasteiger partial charge is 0.364 e. The number of nitrogens with one attached hydrogen (secondary N) is 3. The van der Waals surface area contributed by atoms with Gasteiger partial charge in [0.25, 0.3) is 5.91 Å². The third-order valence-corrected chi connectivity index (χ3v) is 4.16. The van der Waals surface area contributed by atoms with Crippen LogP contribution in [0.25, 0.3) is 0 Å². The van der Waals surface area contributed by atoms with E-state index in [0.29, 0.717) is 17.5 Å². The lowest BCUT2D eigenvalue weighted by Gasteiger charge is -2.07. The SMILES string of the molecule is CNCc1ccc(NC(=O)c2c[nH]c3c2C(=O)CCCC3)cc1. The first kappa shape index (κ1) is 15.5. The Balaban J connectivity index is 1.79. The predicted octanol–water partition coefficient (Wildman–Crippen LogP) is 2.90. The van der Waals surface area contributed by atoms with E-state index in [-0.39, 0.29) is 11.7 Å². The number of hydrogen-bond donors (Lipinski definition) is 3. The summed E-state index contributed by atoms with van der Waals surface area (Å²) in [6, 6.07) is 7.68. The molecule has 0 aliphatic heterocycles. The van der Waals surface area contributed by atoms with Crippen molar-refractivity contribution >= 4 is 17.4 Å². The molecule has 2 aromatic rings. The van der Waals surface area contributed by atoms with Gasteiger partial charge in [-0.15, -0.1) is 0 Å². The van der Waals surface area contributed by atoms with Gasteiger partial charge in [-0.1, -0.05) is 12.1 Å². The summed E-state index contributed by atoms with van der Waals surface area (Å²) < 4.78 is 0. The van der Waals surface area contributed by atoms with Crippen molar-refractivity contribution in [2.45, 2.75) is 32.2 Å². The lowest BCUT2D eigenvalue weighted by molar-refractivity contribution is 0.0965. The molecule has 5 nitrogen and oxygen atoms in total. The van der Waals surface area contributed by atoms with E-state index in [1.807, 2.05) is 31.3 Å². The van der Waals surface area contributed by atoms with E-state index in [2.05, 4.69) is 15.6 Å². The highest BCUT2D eigenvalue weighted by Crippen LogP contribution is 2.24. The molecule has 1 heterocycles. The second-order valence-corrected chi connectivity index (χ2v) is 5.87. The van der Waals surface area contributed by atoms with Crippen molar-refractivity contribution in [3.05, 3.63) is 52.8 Å². The first-order valence-electron chi connectivity index (χ1n) is 7.97. The van der Waals surface area contributed by atoms with E-state index in [0.717, 1.165) is 42.8 Å². The van der Waals surface area contributed by atoms with Crippen molar-refractivity contribution in [3.8, 4) is 0 Å². The number of aromatic amines is 1. The molecule has 0 bridgehead atoms. The van der Waals surface area contributed by atoms with Crippen LogP contribution in [0.1, 0.15) is 51.2 Å². The number of ketones is 1. The first-order valence-corrected chi connectivity index (χ1v) is 7.97. The summed E-state index contributed by atoms with van der Waals surface area (Å²) in [4.78, 5) is 27.9. The number of aryl methyl sites for hydroxylation is 1. The molecule has 5 heteroatoms. The minimum absolute atomic E-state index is 0.0632. The number of fused-ring (bicyclic) bond motifs is 1. The number of aromatic nitrogens is 1. The zero-order valence-corrected chi connectivity index (χ0v) is 13.2. The Morgan fingerprint density at radius 3 is 2.65 bits per heavy atom. The van der Waals surface area contributed by atoms with Gasteiger partial charge in [0.2, 0.25) is 0 Å². The Morgan fingerprint density at radius 2 is 1.91 bits per heavy atom. The Labute approximate surface area is 135 Å². The maximum absolute atomic E-state index is 12.5. The van der Waals surface area contributed by atoms with Crippen LogP contribution in [0.3, 0.4) is 0 Å². The van der Waals surface area contributed by atoms with Crippen molar-refractivity contribution < 1.29 is 9.59 Å². The molecule has 0 atom stereocenters. The molecule has 1 amide bonds. The zero-order chi connectivity index (χ0) is 16.2. The average molecular weight is 311 g/mol. The van der Waals surface area contributed by atoms with Gasteiger partial charge in [-0.3, -0.25) is 9.59 Å². The fraction of sp³-hybridized carbons (Fsp3) is 0.333. The van der Waals surface area contributed by atoms with Crippen molar-refractivity contribution in [3.63, 3.8) is 0 Å². The summed E-state index contributed by atoms with van der Waals surface area (Å²) in [5.74, 6) is -0.174. The van der Waals surface area contributed by atoms with E-state index in [9.17, 15) is 9.59 Å². The lowest BCUT2D eigenvalue weighted by atomic mass is 10.0. The smallest absolute Gasteiger partial charge is 0.257 e. The van der Waals surface area contributed by atoms with Crippen LogP contribution in [0.15, 0.2) is 30.5 Å². The summed E-state index contributed by atoms with van der Waals surface area (Å²) in [5.41, 5.74) is 3.79. The third-order valence-electron chi connectivity index (χ3n) is 4.16. The van der Waals surface area contributed by atoms with Crippen molar-refractivity contribution in [1.82, 2.24) is 10.3 Å². The summed E-state index contributed by atoms with van der Waals surface area (Å²) in [5, 5.41) is 5.96. The van der Waals surface area contributed by atoms with Crippen LogP contribution in [0, 0.1) is 0 Å². The van der Waals surface area contributed by atoms with Crippen molar-refractivity contribution in [2.24, 2.45) is 0 Å². The topological polar surface area (TPSA) is 74.0 Å². The standard InChI is InChI=1S/C18H21N3O2/c1-19-10-12-6-8-13(9-7-12)21-18(23)14-11-20-15-4-2-3-5-16(22)17(14)15/h6-9,11,19-20H,2-5,10H2,1H3,(H,21,23). The minimum Gasteiger partial charge on any atom is -0.364 e. The lowest BCUT2D eigenvalue weighted by Crippen LogP contribution is -2.15. The molecule has 1 aromatic carbocycles. The summed E-state index contributed by atoms with van der Waals surface area (Å²) >= 11 is 0. The van der Waals surface area contributed by atoms with Crippen LogP contribution in [0.2, 0.25) is 0 Å². The average Bonchev–Trinajstić information content (AvgIpc) is 2.89. The van der Waals surface area contributed by atoms with Crippen LogP contribution in [-0.2, 0) is 13.0 Å². The normalized spacial score (nSPS) is 14.2. The van der Waals surface area contributed by atoms with Gasteiger partial charge in [0.1, 0.15) is 0 Å². The van der Waals surface area contributed by atoms with Crippen molar-refractivity contribution in [2.75, 3.05) is 12.4 Å². The molecule has 1 aliphatic carbocycles. The van der Waals surface area contributed by atoms with Crippen LogP contribution in [0.4, 0.5) is 5.69 Å². The summed E-state index contributed by atoms with van der Waals surface area (Å²) in [6.07, 6.45) is 4.86. The van der Waals surface area contributed by atoms with Crippen LogP contribution >= 0.6 is 0 Å². The van der Waals surface area contributed by atoms with Gasteiger partial charge in [-0.2, -0.15) is 0 Å². The van der Waals surface area contributed by atoms with Gasteiger partial charge < -0.3 is 15.6 Å². The van der Waals surface area contributed by atoms with Gasteiger partial charge in [0.05, 0.1) is 11.1 Å². The van der Waals surface area contributed by atoms with Gasteiger partial charge >= 0.3 is 0 Å². The quantitative estimate of drug-likeness (QED) is 0.760. The molecular weight excluding hydrogens is 290 g/mol. The monoisotopic (exact) mass is 311 g/mol. The second kappa shape index (κ2) is 6.79. The molecule has 0 spiro atoms. The van der Waals surface area contributed by atoms with Gasteiger partial charge in [-0.05, 0) is 44.0 Å². The van der Waals surface area contributed by atoms with Crippen LogP contribution < -0.4 is 10.6 Å². The highest BCUT2D eigenvalue weighted by atomic mass is 16.2. The third kappa shape index (κ3) is 3.35. The number of Topliss-reactive ketones (excluding diaryl/α,β-unsaturated/α-hetero) is 1. The molecule has 0 saturated heterocycles. The Hall–Kier alpha value is -2.40. The van der Waals surface area contributed by atoms with E-state index < -0.39 is 0 Å². The summed E-state index contributed by atoms with van der Waals surface area (Å²) in [7, 11) is 1.89. The molecule has 0 fully saturated rings. The number of rotatable bonds is 4. The number of anilines is 1. The van der Waals surface area contributed by atoms with Crippen LogP contribution in [-0.4, -0.2) is 23.7 Å². The molecule has 0 radical (unpaired) electrons. The Bertz CT molecular complexity index is 716. The molecule has 1 aromatic heterocycles. The minimum atomic E-state index is -0.237. The van der Waals surface area contributed by atoms with Gasteiger partial charge in [-0.25, -0.2) is 0 Å². The maximum atomic E-state index is 12.5. The van der Waals surface area contributed by atoms with E-state index >= 15 is 0 Å². The molecule has 0 saturated carbocycles. The van der Waals surface area contributed by atoms with E-state index in [1.165, 1.54) is 0 Å². The van der Waals surface area contributed by atoms with Crippen LogP contribution in [0.5, 0.6) is 0 Å². The predicted molar refractivity (Wildman–Crippen MR) is 89.8 cm³/mol. The summed E-state index contributed by atoms with van der Waals surface area (Å²) in [6.45, 7) is 0.786. The Morgan fingerprint density at radius 1 is 1.17 bits per heavy atom. The number of hydrogen-bond acceptors (Lipinski definition) is 3. The number of carbonyl (C=O) groups is 2. The molecule has 0 unspecified atom stereocenters. The first-order chi connectivity index (χ1) is 11.2. The number of benzene rings is 1. The van der Waals surface area contributed by atoms with Gasteiger partial charge in [0.15, 0.2) is 5.78 Å². The number of amides is 1. The molecule has 3 N–H and O–H groups in total. The van der Waals surface area contributed by atoms with Crippen molar-refractivity contribution in [1.29, 1.82) is 0 Å².